The van der Waals surface area contributed by atoms with Gasteiger partial charge in [0.05, 0.1) is 16.3 Å². The Morgan fingerprint density at radius 2 is 1.92 bits per heavy atom. The molecule has 25 heavy (non-hydrogen) atoms. The van der Waals surface area contributed by atoms with Gasteiger partial charge in [-0.3, -0.25) is 4.79 Å². The van der Waals surface area contributed by atoms with E-state index in [0.717, 1.165) is 12.0 Å². The van der Waals surface area contributed by atoms with E-state index >= 15 is 0 Å². The van der Waals surface area contributed by atoms with Crippen LogP contribution in [0.3, 0.4) is 0 Å². The predicted octanol–water partition coefficient (Wildman–Crippen LogP) is 1.32. The highest BCUT2D eigenvalue weighted by molar-refractivity contribution is 7.91. The summed E-state index contributed by atoms with van der Waals surface area (Å²) >= 11 is 0. The molecule has 0 spiro atoms. The topological polar surface area (TPSA) is 92.7 Å². The van der Waals surface area contributed by atoms with E-state index < -0.39 is 22.4 Å². The van der Waals surface area contributed by atoms with E-state index in [1.165, 1.54) is 6.07 Å². The van der Waals surface area contributed by atoms with Gasteiger partial charge in [0.25, 0.3) is 0 Å². The van der Waals surface area contributed by atoms with Gasteiger partial charge in [0.1, 0.15) is 18.5 Å². The van der Waals surface area contributed by atoms with Crippen LogP contribution in [0.4, 0.5) is 0 Å². The van der Waals surface area contributed by atoms with E-state index in [9.17, 15) is 13.2 Å². The number of rotatable bonds is 5. The quantitative estimate of drug-likeness (QED) is 0.838. The van der Waals surface area contributed by atoms with Gasteiger partial charge < -0.3 is 15.2 Å². The van der Waals surface area contributed by atoms with Crippen LogP contribution in [-0.4, -0.2) is 38.7 Å². The second kappa shape index (κ2) is 7.25. The first-order valence-corrected chi connectivity index (χ1v) is 9.46. The Kier molecular flexibility index (Phi) is 5.06. The van der Waals surface area contributed by atoms with Crippen molar-refractivity contribution in [1.82, 2.24) is 5.32 Å². The number of sulfone groups is 1. The summed E-state index contributed by atoms with van der Waals surface area (Å²) in [6, 6.07) is 13.2. The van der Waals surface area contributed by atoms with Crippen molar-refractivity contribution in [3.63, 3.8) is 0 Å². The van der Waals surface area contributed by atoms with E-state index in [1.54, 1.807) is 42.5 Å². The van der Waals surface area contributed by atoms with Gasteiger partial charge in [-0.1, -0.05) is 24.3 Å². The summed E-state index contributed by atoms with van der Waals surface area (Å²) < 4.78 is 31.3. The number of nitrogens with one attached hydrogen (secondary N) is 1. The summed E-state index contributed by atoms with van der Waals surface area (Å²) in [6.45, 7) is -0.294. The maximum Gasteiger partial charge on any atom is 0.245 e. The van der Waals surface area contributed by atoms with Crippen LogP contribution in [0.5, 0.6) is 5.75 Å². The lowest BCUT2D eigenvalue weighted by atomic mass is 10.0. The second-order valence-corrected chi connectivity index (χ2v) is 7.78. The lowest BCUT2D eigenvalue weighted by molar-refractivity contribution is -0.124. The predicted molar refractivity (Wildman–Crippen MR) is 91.2 cm³/mol. The number of ether oxygens (including phenoxy) is 1. The molecule has 0 aliphatic carbocycles. The van der Waals surface area contributed by atoms with Crippen LogP contribution < -0.4 is 10.1 Å². The molecule has 0 radical (unpaired) electrons. The first kappa shape index (κ1) is 17.4. The molecule has 1 atom stereocenters. The Bertz CT molecular complexity index is 864. The molecule has 2 aromatic rings. The molecule has 0 saturated carbocycles. The van der Waals surface area contributed by atoms with Crippen molar-refractivity contribution in [3.8, 4) is 5.75 Å². The molecule has 2 N–H and O–H groups in total. The fourth-order valence-corrected chi connectivity index (χ4v) is 4.03. The number of aliphatic hydroxyl groups excluding tert-OH is 1. The highest BCUT2D eigenvalue weighted by Gasteiger charge is 2.24. The smallest absolute Gasteiger partial charge is 0.245 e. The van der Waals surface area contributed by atoms with Gasteiger partial charge in [-0.15, -0.1) is 0 Å². The minimum absolute atomic E-state index is 0.178. The summed E-state index contributed by atoms with van der Waals surface area (Å²) in [4.78, 5) is 11.6. The summed E-state index contributed by atoms with van der Waals surface area (Å²) in [5, 5.41) is 11.3. The highest BCUT2D eigenvalue weighted by atomic mass is 32.2. The van der Waals surface area contributed by atoms with Crippen LogP contribution in [-0.2, 0) is 21.1 Å². The number of carbonyl (C=O) groups is 1. The molecule has 0 aromatic heterocycles. The molecule has 1 amide bonds. The summed E-state index contributed by atoms with van der Waals surface area (Å²) in [7, 11) is -3.60. The molecule has 1 aliphatic heterocycles. The number of benzene rings is 2. The fourth-order valence-electron chi connectivity index (χ4n) is 2.74. The van der Waals surface area contributed by atoms with Crippen LogP contribution in [0.25, 0.3) is 0 Å². The Labute approximate surface area is 146 Å². The van der Waals surface area contributed by atoms with Gasteiger partial charge >= 0.3 is 0 Å². The molecule has 0 saturated heterocycles. The Balaban J connectivity index is 1.82. The molecule has 132 valence electrons. The number of aryl methyl sites for hydroxylation is 1. The van der Waals surface area contributed by atoms with Gasteiger partial charge in [0, 0.05) is 0 Å². The van der Waals surface area contributed by atoms with Crippen LogP contribution >= 0.6 is 0 Å². The highest BCUT2D eigenvalue weighted by Crippen LogP contribution is 2.32. The lowest BCUT2D eigenvalue weighted by Crippen LogP contribution is -2.38. The zero-order chi connectivity index (χ0) is 17.9. The van der Waals surface area contributed by atoms with Crippen LogP contribution in [0.2, 0.25) is 0 Å². The third-order valence-corrected chi connectivity index (χ3v) is 5.87. The number of aliphatic hydroxyl groups is 1. The average molecular weight is 361 g/mol. The third kappa shape index (κ3) is 3.83. The molecule has 0 bridgehead atoms. The molecule has 1 unspecified atom stereocenters. The van der Waals surface area contributed by atoms with Crippen LogP contribution in [0, 0.1) is 0 Å². The molecule has 3 rings (SSSR count). The second-order valence-electron chi connectivity index (χ2n) is 5.83. The van der Waals surface area contributed by atoms with Gasteiger partial charge in [0.15, 0.2) is 0 Å². The van der Waals surface area contributed by atoms with E-state index in [2.05, 4.69) is 5.32 Å². The minimum Gasteiger partial charge on any atom is -0.488 e. The molecular weight excluding hydrogens is 342 g/mol. The van der Waals surface area contributed by atoms with E-state index in [0.29, 0.717) is 12.2 Å². The third-order valence-electron chi connectivity index (χ3n) is 4.10. The van der Waals surface area contributed by atoms with Crippen molar-refractivity contribution in [3.05, 3.63) is 54.1 Å². The van der Waals surface area contributed by atoms with E-state index in [1.807, 2.05) is 0 Å². The molecule has 1 heterocycles. The normalized spacial score (nSPS) is 16.6. The zero-order valence-electron chi connectivity index (χ0n) is 13.5. The lowest BCUT2D eigenvalue weighted by Gasteiger charge is -2.26. The Hall–Kier alpha value is -2.38. The van der Waals surface area contributed by atoms with Crippen LogP contribution in [0.15, 0.2) is 58.3 Å². The van der Waals surface area contributed by atoms with Crippen molar-refractivity contribution in [2.75, 3.05) is 13.2 Å². The van der Waals surface area contributed by atoms with Gasteiger partial charge in [-0.05, 0) is 42.7 Å². The number of fused-ring (bicyclic) bond motifs is 1. The standard InChI is InChI=1S/C18H19NO5S/c20-12-18(21)19-11-14-8-6-13-7-9-16(10-17(13)24-14)25(22,23)15-4-2-1-3-5-15/h1-5,7,9-10,14,20H,6,8,11-12H2,(H,19,21). The average Bonchev–Trinajstić information content (AvgIpc) is 2.66. The molecule has 0 fully saturated rings. The number of amides is 1. The summed E-state index contributed by atoms with van der Waals surface area (Å²) in [5.74, 6) is 0.0568. The van der Waals surface area contributed by atoms with Gasteiger partial charge in [-0.2, -0.15) is 0 Å². The van der Waals surface area contributed by atoms with Crippen molar-refractivity contribution in [1.29, 1.82) is 0 Å². The zero-order valence-corrected chi connectivity index (χ0v) is 14.3. The molecule has 1 aliphatic rings. The maximum absolute atomic E-state index is 12.7. The fraction of sp³-hybridized carbons (Fsp3) is 0.278. The molecule has 6 nitrogen and oxygen atoms in total. The van der Waals surface area contributed by atoms with Crippen molar-refractivity contribution < 1.29 is 23.1 Å². The first-order chi connectivity index (χ1) is 12.0. The Morgan fingerprint density at radius 1 is 1.16 bits per heavy atom. The SMILES string of the molecule is O=C(CO)NCC1CCc2ccc(S(=O)(=O)c3ccccc3)cc2O1. The van der Waals surface area contributed by atoms with Crippen LogP contribution in [0.1, 0.15) is 12.0 Å². The van der Waals surface area contributed by atoms with Crippen molar-refractivity contribution >= 4 is 15.7 Å². The number of carbonyl (C=O) groups excluding carboxylic acids is 1. The first-order valence-electron chi connectivity index (χ1n) is 7.98. The van der Waals surface area contributed by atoms with Crippen molar-refractivity contribution in [2.24, 2.45) is 0 Å². The maximum atomic E-state index is 12.7. The molecule has 2 aromatic carbocycles. The monoisotopic (exact) mass is 361 g/mol. The number of hydrogen-bond donors (Lipinski definition) is 2. The van der Waals surface area contributed by atoms with Gasteiger partial charge in [-0.25, -0.2) is 8.42 Å². The summed E-state index contributed by atoms with van der Waals surface area (Å²) in [6.07, 6.45) is 1.20. The Morgan fingerprint density at radius 3 is 2.64 bits per heavy atom. The van der Waals surface area contributed by atoms with Crippen molar-refractivity contribution in [2.45, 2.75) is 28.7 Å². The van der Waals surface area contributed by atoms with E-state index in [-0.39, 0.29) is 22.4 Å². The minimum atomic E-state index is -3.60. The molecular formula is C18H19NO5S. The largest absolute Gasteiger partial charge is 0.488 e. The van der Waals surface area contributed by atoms with Gasteiger partial charge in [0.2, 0.25) is 15.7 Å². The van der Waals surface area contributed by atoms with E-state index in [4.69, 9.17) is 9.84 Å². The summed E-state index contributed by atoms with van der Waals surface area (Å²) in [5.41, 5.74) is 0.941. The number of hydrogen-bond acceptors (Lipinski definition) is 5. The molecule has 7 heteroatoms.